The van der Waals surface area contributed by atoms with E-state index in [-0.39, 0.29) is 0 Å². The van der Waals surface area contributed by atoms with Gasteiger partial charge in [-0.1, -0.05) is 0 Å². The topological polar surface area (TPSA) is 50.3 Å². The van der Waals surface area contributed by atoms with E-state index in [0.29, 0.717) is 12.0 Å². The fourth-order valence-electron chi connectivity index (χ4n) is 2.57. The first-order valence-corrected chi connectivity index (χ1v) is 7.94. The van der Waals surface area contributed by atoms with Crippen molar-refractivity contribution in [3.05, 3.63) is 5.82 Å². The van der Waals surface area contributed by atoms with Crippen LogP contribution in [0.2, 0.25) is 0 Å². The summed E-state index contributed by atoms with van der Waals surface area (Å²) in [5, 5.41) is 4.55. The minimum atomic E-state index is 0.505. The number of methoxy groups -OCH3 is 1. The number of ether oxygens (including phenoxy) is 1. The third-order valence-corrected chi connectivity index (χ3v) is 4.49. The molecular weight excluding hydrogens is 260 g/mol. The molecule has 2 heterocycles. The average molecular weight is 282 g/mol. The van der Waals surface area contributed by atoms with E-state index >= 15 is 0 Å². The molecule has 1 unspecified atom stereocenters. The first-order chi connectivity index (χ1) is 9.35. The summed E-state index contributed by atoms with van der Waals surface area (Å²) in [7, 11) is 1.76. The smallest absolute Gasteiger partial charge is 0.202 e. The van der Waals surface area contributed by atoms with E-state index in [2.05, 4.69) is 19.6 Å². The summed E-state index contributed by atoms with van der Waals surface area (Å²) >= 11 is 1.52. The van der Waals surface area contributed by atoms with Crippen molar-refractivity contribution in [2.24, 2.45) is 0 Å². The van der Waals surface area contributed by atoms with Crippen molar-refractivity contribution in [3.8, 4) is 0 Å². The first kappa shape index (κ1) is 13.3. The third kappa shape index (κ3) is 3.64. The summed E-state index contributed by atoms with van der Waals surface area (Å²) in [4.78, 5) is 7.07. The molecule has 2 fully saturated rings. The molecule has 5 nitrogen and oxygen atoms in total. The standard InChI is InChI=1S/C13H22N4OS/c1-18-8-7-17-6-2-3-11(9-17)14-13-15-12(16-19-13)10-4-5-10/h10-11H,2-9H2,1H3,(H,14,15,16). The number of piperidine rings is 1. The third-order valence-electron chi connectivity index (χ3n) is 3.83. The molecule has 6 heteroatoms. The van der Waals surface area contributed by atoms with Gasteiger partial charge in [0.05, 0.1) is 6.61 Å². The maximum absolute atomic E-state index is 5.15. The normalized spacial score (nSPS) is 24.6. The quantitative estimate of drug-likeness (QED) is 0.864. The SMILES string of the molecule is COCCN1CCCC(Nc2nc(C3CC3)ns2)C1. The number of hydrogen-bond donors (Lipinski definition) is 1. The molecule has 106 valence electrons. The van der Waals surface area contributed by atoms with E-state index < -0.39 is 0 Å². The summed E-state index contributed by atoms with van der Waals surface area (Å²) in [6.45, 7) is 4.11. The van der Waals surface area contributed by atoms with Crippen LogP contribution in [0.5, 0.6) is 0 Å². The highest BCUT2D eigenvalue weighted by molar-refractivity contribution is 7.09. The Hall–Kier alpha value is -0.720. The van der Waals surface area contributed by atoms with E-state index in [9.17, 15) is 0 Å². The van der Waals surface area contributed by atoms with E-state index in [1.54, 1.807) is 7.11 Å². The molecule has 1 saturated heterocycles. The van der Waals surface area contributed by atoms with Gasteiger partial charge in [-0.3, -0.25) is 4.90 Å². The fraction of sp³-hybridized carbons (Fsp3) is 0.846. The molecule has 1 aliphatic heterocycles. The zero-order valence-electron chi connectivity index (χ0n) is 11.5. The van der Waals surface area contributed by atoms with E-state index in [0.717, 1.165) is 30.7 Å². The highest BCUT2D eigenvalue weighted by atomic mass is 32.1. The lowest BCUT2D eigenvalue weighted by Gasteiger charge is -2.32. The number of rotatable bonds is 6. The molecular formula is C13H22N4OS. The van der Waals surface area contributed by atoms with Gasteiger partial charge in [0.1, 0.15) is 5.82 Å². The highest BCUT2D eigenvalue weighted by Gasteiger charge is 2.28. The van der Waals surface area contributed by atoms with Crippen molar-refractivity contribution in [1.82, 2.24) is 14.3 Å². The molecule has 1 aliphatic carbocycles. The van der Waals surface area contributed by atoms with Crippen LogP contribution in [-0.4, -0.2) is 53.7 Å². The molecule has 1 saturated carbocycles. The van der Waals surface area contributed by atoms with Crippen LogP contribution >= 0.6 is 11.5 Å². The minimum Gasteiger partial charge on any atom is -0.383 e. The number of nitrogens with one attached hydrogen (secondary N) is 1. The Bertz CT molecular complexity index is 407. The first-order valence-electron chi connectivity index (χ1n) is 7.16. The Morgan fingerprint density at radius 2 is 2.32 bits per heavy atom. The van der Waals surface area contributed by atoms with Crippen LogP contribution in [0, 0.1) is 0 Å². The molecule has 0 amide bonds. The molecule has 2 aliphatic rings. The number of nitrogens with zero attached hydrogens (tertiary/aromatic N) is 3. The van der Waals surface area contributed by atoms with Gasteiger partial charge >= 0.3 is 0 Å². The van der Waals surface area contributed by atoms with Gasteiger partial charge in [0.25, 0.3) is 0 Å². The molecule has 1 aromatic heterocycles. The van der Waals surface area contributed by atoms with Crippen molar-refractivity contribution in [1.29, 1.82) is 0 Å². The van der Waals surface area contributed by atoms with Gasteiger partial charge in [0, 0.05) is 43.7 Å². The summed E-state index contributed by atoms with van der Waals surface area (Å²) in [6.07, 6.45) is 5.01. The van der Waals surface area contributed by atoms with Crippen LogP contribution in [0.4, 0.5) is 5.13 Å². The summed E-state index contributed by atoms with van der Waals surface area (Å²) in [6, 6.07) is 0.505. The van der Waals surface area contributed by atoms with E-state index in [1.807, 2.05) is 0 Å². The van der Waals surface area contributed by atoms with E-state index in [1.165, 1.54) is 43.8 Å². The molecule has 0 radical (unpaired) electrons. The predicted molar refractivity (Wildman–Crippen MR) is 76.8 cm³/mol. The van der Waals surface area contributed by atoms with Crippen LogP contribution in [0.25, 0.3) is 0 Å². The number of likely N-dealkylation sites (tertiary alicyclic amines) is 1. The van der Waals surface area contributed by atoms with Crippen LogP contribution in [0.3, 0.4) is 0 Å². The Kier molecular flexibility index (Phi) is 4.30. The summed E-state index contributed by atoms with van der Waals surface area (Å²) in [5.74, 6) is 1.70. The van der Waals surface area contributed by atoms with Gasteiger partial charge in [-0.15, -0.1) is 0 Å². The van der Waals surface area contributed by atoms with Crippen molar-refractivity contribution in [2.45, 2.75) is 37.6 Å². The van der Waals surface area contributed by atoms with Crippen molar-refractivity contribution < 1.29 is 4.74 Å². The van der Waals surface area contributed by atoms with Gasteiger partial charge in [-0.2, -0.15) is 4.37 Å². The maximum atomic E-state index is 5.15. The summed E-state index contributed by atoms with van der Waals surface area (Å²) < 4.78 is 9.60. The fourth-order valence-corrected chi connectivity index (χ4v) is 3.30. The minimum absolute atomic E-state index is 0.505. The van der Waals surface area contributed by atoms with Crippen LogP contribution in [0.1, 0.15) is 37.4 Å². The van der Waals surface area contributed by atoms with Gasteiger partial charge in [0.2, 0.25) is 5.13 Å². The molecule has 19 heavy (non-hydrogen) atoms. The Labute approximate surface area is 118 Å². The Balaban J connectivity index is 1.50. The molecule has 1 N–H and O–H groups in total. The molecule has 0 bridgehead atoms. The largest absolute Gasteiger partial charge is 0.383 e. The van der Waals surface area contributed by atoms with Gasteiger partial charge in [0.15, 0.2) is 0 Å². The number of aromatic nitrogens is 2. The molecule has 1 aromatic rings. The van der Waals surface area contributed by atoms with Gasteiger partial charge < -0.3 is 10.1 Å². The Morgan fingerprint density at radius 1 is 1.42 bits per heavy atom. The van der Waals surface area contributed by atoms with Crippen molar-refractivity contribution in [3.63, 3.8) is 0 Å². The number of anilines is 1. The van der Waals surface area contributed by atoms with Crippen molar-refractivity contribution in [2.75, 3.05) is 38.7 Å². The second kappa shape index (κ2) is 6.15. The molecule has 0 aromatic carbocycles. The average Bonchev–Trinajstić information content (AvgIpc) is 3.18. The molecule has 1 atom stereocenters. The monoisotopic (exact) mass is 282 g/mol. The van der Waals surface area contributed by atoms with Crippen LogP contribution in [0.15, 0.2) is 0 Å². The molecule has 0 spiro atoms. The van der Waals surface area contributed by atoms with Crippen LogP contribution in [-0.2, 0) is 4.74 Å². The van der Waals surface area contributed by atoms with Gasteiger partial charge in [-0.25, -0.2) is 4.98 Å². The lowest BCUT2D eigenvalue weighted by Crippen LogP contribution is -2.43. The zero-order valence-corrected chi connectivity index (χ0v) is 12.3. The lowest BCUT2D eigenvalue weighted by atomic mass is 10.1. The van der Waals surface area contributed by atoms with Crippen LogP contribution < -0.4 is 5.32 Å². The van der Waals surface area contributed by atoms with Gasteiger partial charge in [-0.05, 0) is 32.2 Å². The molecule has 3 rings (SSSR count). The van der Waals surface area contributed by atoms with Crippen molar-refractivity contribution >= 4 is 16.7 Å². The second-order valence-electron chi connectivity index (χ2n) is 5.51. The predicted octanol–water partition coefficient (Wildman–Crippen LogP) is 1.94. The Morgan fingerprint density at radius 3 is 3.11 bits per heavy atom. The zero-order chi connectivity index (χ0) is 13.1. The lowest BCUT2D eigenvalue weighted by molar-refractivity contribution is 0.131. The maximum Gasteiger partial charge on any atom is 0.202 e. The van der Waals surface area contributed by atoms with E-state index in [4.69, 9.17) is 4.74 Å². The second-order valence-corrected chi connectivity index (χ2v) is 6.26. The highest BCUT2D eigenvalue weighted by Crippen LogP contribution is 2.39. The number of hydrogen-bond acceptors (Lipinski definition) is 6. The summed E-state index contributed by atoms with van der Waals surface area (Å²) in [5.41, 5.74) is 0.